The second-order valence-electron chi connectivity index (χ2n) is 8.97. The second kappa shape index (κ2) is 8.61. The zero-order valence-electron chi connectivity index (χ0n) is 18.4. The molecule has 1 aromatic carbocycles. The number of amides is 3. The van der Waals surface area contributed by atoms with Crippen LogP contribution in [0.3, 0.4) is 0 Å². The van der Waals surface area contributed by atoms with Gasteiger partial charge in [-0.25, -0.2) is 0 Å². The van der Waals surface area contributed by atoms with E-state index < -0.39 is 5.72 Å². The average Bonchev–Trinajstić information content (AvgIpc) is 3.42. The van der Waals surface area contributed by atoms with Crippen LogP contribution in [0, 0.1) is 5.92 Å². The summed E-state index contributed by atoms with van der Waals surface area (Å²) in [7, 11) is 1.80. The van der Waals surface area contributed by atoms with Gasteiger partial charge in [-0.05, 0) is 53.0 Å². The van der Waals surface area contributed by atoms with Crippen molar-refractivity contribution >= 4 is 33.7 Å². The fourth-order valence-corrected chi connectivity index (χ4v) is 6.17. The maximum atomic E-state index is 12.7. The Kier molecular flexibility index (Phi) is 5.78. The molecule has 2 aromatic rings. The number of rotatable bonds is 7. The third-order valence-corrected chi connectivity index (χ3v) is 7.89. The number of halogens is 1. The van der Waals surface area contributed by atoms with Gasteiger partial charge in [-0.2, -0.15) is 0 Å². The van der Waals surface area contributed by atoms with Gasteiger partial charge in [0, 0.05) is 44.5 Å². The quantitative estimate of drug-likeness (QED) is 0.555. The Hall–Kier alpha value is -2.65. The highest BCUT2D eigenvalue weighted by molar-refractivity contribution is 9.10. The normalized spacial score (nSPS) is 27.7. The van der Waals surface area contributed by atoms with Gasteiger partial charge in [0.25, 0.3) is 11.8 Å². The predicted octanol–water partition coefficient (Wildman–Crippen LogP) is 2.71. The molecule has 3 amide bonds. The average molecular weight is 515 g/mol. The summed E-state index contributed by atoms with van der Waals surface area (Å²) in [5.74, 6) is -0.265. The first-order chi connectivity index (χ1) is 15.9. The summed E-state index contributed by atoms with van der Waals surface area (Å²) < 4.78 is 9.35. The molecule has 3 heterocycles. The SMILES string of the molecule is CN1C(=O)C[C@H]2[C@@H]3NC(=O)c4ccc(Br)n4[C@@H]3C[C@]21OCCCCNC(=O)c1ccccc1. The van der Waals surface area contributed by atoms with E-state index in [-0.39, 0.29) is 35.7 Å². The number of nitrogens with zero attached hydrogens (tertiary/aromatic N) is 2. The van der Waals surface area contributed by atoms with Crippen LogP contribution in [0.25, 0.3) is 0 Å². The smallest absolute Gasteiger partial charge is 0.268 e. The molecule has 5 rings (SSSR count). The highest BCUT2D eigenvalue weighted by Crippen LogP contribution is 2.54. The molecule has 174 valence electrons. The molecule has 33 heavy (non-hydrogen) atoms. The van der Waals surface area contributed by atoms with Gasteiger partial charge in [0.15, 0.2) is 0 Å². The standard InChI is InChI=1S/C24H27BrN4O4/c1-28-20(30)13-16-21-18(29-17(23(32)27-21)9-10-19(29)25)14-24(16,28)33-12-6-5-11-26-22(31)15-7-3-2-4-8-15/h2-4,7-10,16,18,21H,5-6,11-14H2,1H3,(H,26,31)(H,27,32)/t16-,18+,21-,24-/m0/s1. The molecule has 1 saturated heterocycles. The van der Waals surface area contributed by atoms with Gasteiger partial charge in [0.05, 0.1) is 16.7 Å². The van der Waals surface area contributed by atoms with Crippen molar-refractivity contribution in [2.24, 2.45) is 5.92 Å². The van der Waals surface area contributed by atoms with Crippen molar-refractivity contribution in [3.63, 3.8) is 0 Å². The van der Waals surface area contributed by atoms with Crippen LogP contribution >= 0.6 is 15.9 Å². The van der Waals surface area contributed by atoms with Crippen molar-refractivity contribution < 1.29 is 19.1 Å². The largest absolute Gasteiger partial charge is 0.355 e. The third kappa shape index (κ3) is 3.67. The Bertz CT molecular complexity index is 1090. The minimum Gasteiger partial charge on any atom is -0.355 e. The molecular weight excluding hydrogens is 488 g/mol. The van der Waals surface area contributed by atoms with E-state index in [0.717, 1.165) is 17.4 Å². The number of carbonyl (C=O) groups excluding carboxylic acids is 3. The highest BCUT2D eigenvalue weighted by Gasteiger charge is 2.64. The van der Waals surface area contributed by atoms with Gasteiger partial charge in [-0.15, -0.1) is 0 Å². The molecule has 0 spiro atoms. The topological polar surface area (TPSA) is 92.7 Å². The highest BCUT2D eigenvalue weighted by atomic mass is 79.9. The lowest BCUT2D eigenvalue weighted by molar-refractivity contribution is -0.161. The van der Waals surface area contributed by atoms with E-state index in [9.17, 15) is 14.4 Å². The van der Waals surface area contributed by atoms with E-state index in [1.807, 2.05) is 34.9 Å². The molecule has 1 aliphatic carbocycles. The Morgan fingerprint density at radius 2 is 2.00 bits per heavy atom. The molecule has 0 unspecified atom stereocenters. The van der Waals surface area contributed by atoms with Gasteiger partial charge >= 0.3 is 0 Å². The summed E-state index contributed by atoms with van der Waals surface area (Å²) >= 11 is 3.58. The monoisotopic (exact) mass is 514 g/mol. The first-order valence-electron chi connectivity index (χ1n) is 11.3. The van der Waals surface area contributed by atoms with Gasteiger partial charge in [0.1, 0.15) is 11.4 Å². The summed E-state index contributed by atoms with van der Waals surface area (Å²) in [4.78, 5) is 39.2. The molecule has 4 atom stereocenters. The molecule has 2 fully saturated rings. The van der Waals surface area contributed by atoms with E-state index in [1.54, 1.807) is 24.1 Å². The van der Waals surface area contributed by atoms with E-state index in [0.29, 0.717) is 37.3 Å². The first kappa shape index (κ1) is 22.2. The molecular formula is C24H27BrN4O4. The number of likely N-dealkylation sites (tertiary alicyclic amines) is 1. The van der Waals surface area contributed by atoms with E-state index in [4.69, 9.17) is 4.74 Å². The number of nitrogens with one attached hydrogen (secondary N) is 2. The minimum atomic E-state index is -0.738. The Morgan fingerprint density at radius 3 is 2.79 bits per heavy atom. The number of hydrogen-bond acceptors (Lipinski definition) is 4. The van der Waals surface area contributed by atoms with Gasteiger partial charge in [-0.1, -0.05) is 18.2 Å². The molecule has 3 aliphatic rings. The van der Waals surface area contributed by atoms with Crippen molar-refractivity contribution in [1.82, 2.24) is 20.1 Å². The molecule has 2 aliphatic heterocycles. The van der Waals surface area contributed by atoms with Crippen molar-refractivity contribution in [3.05, 3.63) is 58.3 Å². The van der Waals surface area contributed by atoms with Crippen LogP contribution in [0.4, 0.5) is 0 Å². The Morgan fingerprint density at radius 1 is 1.21 bits per heavy atom. The number of ether oxygens (including phenoxy) is 1. The second-order valence-corrected chi connectivity index (χ2v) is 9.78. The van der Waals surface area contributed by atoms with Crippen LogP contribution in [0.1, 0.15) is 52.6 Å². The van der Waals surface area contributed by atoms with Gasteiger partial charge in [0.2, 0.25) is 5.91 Å². The number of hydrogen-bond donors (Lipinski definition) is 2. The van der Waals surface area contributed by atoms with Crippen molar-refractivity contribution in [2.45, 2.75) is 43.5 Å². The number of fused-ring (bicyclic) bond motifs is 5. The number of aromatic nitrogens is 1. The molecule has 1 saturated carbocycles. The number of unbranched alkanes of at least 4 members (excludes halogenated alkanes) is 1. The Balaban J connectivity index is 1.22. The van der Waals surface area contributed by atoms with Crippen LogP contribution in [-0.4, -0.2) is 59.2 Å². The summed E-state index contributed by atoms with van der Waals surface area (Å²) in [5.41, 5.74) is 0.535. The maximum Gasteiger partial charge on any atom is 0.268 e. The van der Waals surface area contributed by atoms with E-state index >= 15 is 0 Å². The summed E-state index contributed by atoms with van der Waals surface area (Å²) in [6, 6.07) is 12.7. The van der Waals surface area contributed by atoms with Crippen molar-refractivity contribution in [3.8, 4) is 0 Å². The summed E-state index contributed by atoms with van der Waals surface area (Å²) in [5, 5.41) is 6.07. The van der Waals surface area contributed by atoms with Gasteiger partial charge in [-0.3, -0.25) is 14.4 Å². The molecule has 1 aromatic heterocycles. The van der Waals surface area contributed by atoms with Crippen LogP contribution in [0.5, 0.6) is 0 Å². The third-order valence-electron chi connectivity index (χ3n) is 7.24. The zero-order valence-corrected chi connectivity index (χ0v) is 20.0. The number of benzene rings is 1. The van der Waals surface area contributed by atoms with E-state index in [2.05, 4.69) is 26.6 Å². The maximum absolute atomic E-state index is 12.7. The number of carbonyl (C=O) groups is 3. The fourth-order valence-electron chi connectivity index (χ4n) is 5.59. The molecule has 0 radical (unpaired) electrons. The summed E-state index contributed by atoms with van der Waals surface area (Å²) in [6.07, 6.45) is 2.51. The summed E-state index contributed by atoms with van der Waals surface area (Å²) in [6.45, 7) is 1.03. The predicted molar refractivity (Wildman–Crippen MR) is 125 cm³/mol. The van der Waals surface area contributed by atoms with E-state index in [1.165, 1.54) is 0 Å². The van der Waals surface area contributed by atoms with Crippen molar-refractivity contribution in [1.29, 1.82) is 0 Å². The van der Waals surface area contributed by atoms with Crippen LogP contribution in [0.2, 0.25) is 0 Å². The van der Waals surface area contributed by atoms with Crippen LogP contribution < -0.4 is 10.6 Å². The molecule has 8 nitrogen and oxygen atoms in total. The molecule has 0 bridgehead atoms. The van der Waals surface area contributed by atoms with Crippen LogP contribution in [0.15, 0.2) is 47.1 Å². The van der Waals surface area contributed by atoms with Crippen LogP contribution in [-0.2, 0) is 9.53 Å². The molecule has 2 N–H and O–H groups in total. The lowest BCUT2D eigenvalue weighted by Crippen LogP contribution is -2.51. The molecule has 9 heteroatoms. The lowest BCUT2D eigenvalue weighted by atomic mass is 9.95. The first-order valence-corrected chi connectivity index (χ1v) is 12.1. The van der Waals surface area contributed by atoms with Gasteiger partial charge < -0.3 is 24.8 Å². The van der Waals surface area contributed by atoms with Crippen molar-refractivity contribution in [2.75, 3.05) is 20.2 Å². The Labute approximate surface area is 200 Å². The zero-order chi connectivity index (χ0) is 23.2. The minimum absolute atomic E-state index is 0.0211. The fraction of sp³-hybridized carbons (Fsp3) is 0.458. The lowest BCUT2D eigenvalue weighted by Gasteiger charge is -2.36.